The molecule has 1 aliphatic heterocycles. The minimum atomic E-state index is 0.402. The number of ether oxygens (including phenoxy) is 1. The van der Waals surface area contributed by atoms with E-state index >= 15 is 0 Å². The number of hydrogen-bond acceptors (Lipinski definition) is 3. The highest BCUT2D eigenvalue weighted by Gasteiger charge is 2.18. The molecule has 0 amide bonds. The Morgan fingerprint density at radius 3 is 2.53 bits per heavy atom. The van der Waals surface area contributed by atoms with Crippen LogP contribution in [0, 0.1) is 5.92 Å². The van der Waals surface area contributed by atoms with Crippen molar-refractivity contribution in [3.8, 4) is 0 Å². The molecule has 0 spiro atoms. The van der Waals surface area contributed by atoms with Crippen molar-refractivity contribution in [2.75, 3.05) is 39.8 Å². The van der Waals surface area contributed by atoms with Crippen LogP contribution in [0.5, 0.6) is 0 Å². The van der Waals surface area contributed by atoms with Crippen LogP contribution < -0.4 is 5.32 Å². The van der Waals surface area contributed by atoms with Crippen molar-refractivity contribution in [1.82, 2.24) is 10.2 Å². The third-order valence-electron chi connectivity index (χ3n) is 4.06. The van der Waals surface area contributed by atoms with Gasteiger partial charge >= 0.3 is 0 Å². The molecule has 1 saturated carbocycles. The lowest BCUT2D eigenvalue weighted by molar-refractivity contribution is 0.00751. The SMILES string of the molecule is CN(CC1CCCCCC1)CC1CNCCO1. The van der Waals surface area contributed by atoms with Gasteiger partial charge in [0.05, 0.1) is 12.7 Å². The molecule has 3 nitrogen and oxygen atoms in total. The molecule has 2 aliphatic rings. The Bertz CT molecular complexity index is 196. The van der Waals surface area contributed by atoms with Crippen LogP contribution in [0.2, 0.25) is 0 Å². The predicted octanol–water partition coefficient (Wildman–Crippen LogP) is 1.88. The van der Waals surface area contributed by atoms with Gasteiger partial charge in [-0.2, -0.15) is 0 Å². The quantitative estimate of drug-likeness (QED) is 0.759. The summed E-state index contributed by atoms with van der Waals surface area (Å²) in [5.74, 6) is 0.930. The van der Waals surface area contributed by atoms with E-state index in [1.165, 1.54) is 45.1 Å². The molecule has 2 fully saturated rings. The van der Waals surface area contributed by atoms with Crippen molar-refractivity contribution in [3.05, 3.63) is 0 Å². The molecule has 100 valence electrons. The van der Waals surface area contributed by atoms with Crippen LogP contribution in [0.4, 0.5) is 0 Å². The van der Waals surface area contributed by atoms with E-state index in [-0.39, 0.29) is 0 Å². The second-order valence-corrected chi connectivity index (χ2v) is 5.78. The average molecular weight is 240 g/mol. The van der Waals surface area contributed by atoms with Crippen molar-refractivity contribution in [2.45, 2.75) is 44.6 Å². The van der Waals surface area contributed by atoms with Gasteiger partial charge in [0.15, 0.2) is 0 Å². The van der Waals surface area contributed by atoms with E-state index in [1.807, 2.05) is 0 Å². The van der Waals surface area contributed by atoms with Crippen LogP contribution in [0.15, 0.2) is 0 Å². The number of hydrogen-bond donors (Lipinski definition) is 1. The fourth-order valence-electron chi connectivity index (χ4n) is 3.15. The zero-order valence-electron chi connectivity index (χ0n) is 11.3. The second-order valence-electron chi connectivity index (χ2n) is 5.78. The Morgan fingerprint density at radius 1 is 1.12 bits per heavy atom. The number of likely N-dealkylation sites (N-methyl/N-ethyl adjacent to an activating group) is 1. The highest BCUT2D eigenvalue weighted by molar-refractivity contribution is 4.73. The first kappa shape index (κ1) is 13.3. The van der Waals surface area contributed by atoms with Gasteiger partial charge in [0.1, 0.15) is 0 Å². The second kappa shape index (κ2) is 7.34. The summed E-state index contributed by atoms with van der Waals surface area (Å²) in [6.45, 7) is 5.27. The normalized spacial score (nSPS) is 28.2. The van der Waals surface area contributed by atoms with E-state index in [2.05, 4.69) is 17.3 Å². The Kier molecular flexibility index (Phi) is 5.75. The number of morpholine rings is 1. The number of nitrogens with one attached hydrogen (secondary N) is 1. The molecule has 0 aromatic rings. The number of rotatable bonds is 4. The standard InChI is InChI=1S/C14H28N2O/c1-16(12-14-10-15-8-9-17-14)11-13-6-4-2-3-5-7-13/h13-15H,2-12H2,1H3. The number of nitrogens with zero attached hydrogens (tertiary/aromatic N) is 1. The highest BCUT2D eigenvalue weighted by atomic mass is 16.5. The van der Waals surface area contributed by atoms with E-state index in [0.717, 1.165) is 32.2 Å². The van der Waals surface area contributed by atoms with Crippen LogP contribution >= 0.6 is 0 Å². The van der Waals surface area contributed by atoms with Crippen molar-refractivity contribution >= 4 is 0 Å². The van der Waals surface area contributed by atoms with Crippen LogP contribution in [0.25, 0.3) is 0 Å². The van der Waals surface area contributed by atoms with E-state index in [9.17, 15) is 0 Å². The molecule has 2 rings (SSSR count). The maximum Gasteiger partial charge on any atom is 0.0826 e. The predicted molar refractivity (Wildman–Crippen MR) is 71.3 cm³/mol. The molecule has 1 aliphatic carbocycles. The molecule has 0 bridgehead atoms. The van der Waals surface area contributed by atoms with Gasteiger partial charge in [-0.05, 0) is 25.8 Å². The molecule has 0 radical (unpaired) electrons. The van der Waals surface area contributed by atoms with E-state index in [1.54, 1.807) is 0 Å². The molecule has 1 unspecified atom stereocenters. The molecule has 0 aromatic heterocycles. The Labute approximate surface area is 106 Å². The lowest BCUT2D eigenvalue weighted by atomic mass is 10.00. The third kappa shape index (κ3) is 4.94. The molecule has 0 aromatic carbocycles. The Morgan fingerprint density at radius 2 is 1.88 bits per heavy atom. The minimum absolute atomic E-state index is 0.402. The van der Waals surface area contributed by atoms with Gasteiger partial charge in [-0.3, -0.25) is 0 Å². The Hall–Kier alpha value is -0.120. The first-order valence-corrected chi connectivity index (χ1v) is 7.35. The third-order valence-corrected chi connectivity index (χ3v) is 4.06. The van der Waals surface area contributed by atoms with Gasteiger partial charge in [0, 0.05) is 26.2 Å². The van der Waals surface area contributed by atoms with Gasteiger partial charge < -0.3 is 15.0 Å². The zero-order valence-corrected chi connectivity index (χ0v) is 11.3. The molecule has 1 N–H and O–H groups in total. The molecular weight excluding hydrogens is 212 g/mol. The summed E-state index contributed by atoms with van der Waals surface area (Å²) in [6, 6.07) is 0. The van der Waals surface area contributed by atoms with E-state index in [4.69, 9.17) is 4.74 Å². The summed E-state index contributed by atoms with van der Waals surface area (Å²) in [4.78, 5) is 2.48. The molecule has 3 heteroatoms. The molecule has 1 atom stereocenters. The summed E-state index contributed by atoms with van der Waals surface area (Å²) >= 11 is 0. The molecule has 17 heavy (non-hydrogen) atoms. The van der Waals surface area contributed by atoms with Crippen molar-refractivity contribution in [1.29, 1.82) is 0 Å². The van der Waals surface area contributed by atoms with Crippen LogP contribution in [0.1, 0.15) is 38.5 Å². The maximum atomic E-state index is 5.76. The molecule has 1 saturated heterocycles. The van der Waals surface area contributed by atoms with Crippen molar-refractivity contribution in [2.24, 2.45) is 5.92 Å². The zero-order chi connectivity index (χ0) is 11.9. The van der Waals surface area contributed by atoms with Gasteiger partial charge in [-0.15, -0.1) is 0 Å². The lowest BCUT2D eigenvalue weighted by Gasteiger charge is -2.30. The fraction of sp³-hybridized carbons (Fsp3) is 1.00. The summed E-state index contributed by atoms with van der Waals surface area (Å²) in [5, 5.41) is 3.40. The Balaban J connectivity index is 1.66. The van der Waals surface area contributed by atoms with Crippen LogP contribution in [0.3, 0.4) is 0 Å². The average Bonchev–Trinajstić information content (AvgIpc) is 2.59. The smallest absolute Gasteiger partial charge is 0.0826 e. The summed E-state index contributed by atoms with van der Waals surface area (Å²) in [7, 11) is 2.25. The first-order chi connectivity index (χ1) is 8.34. The largest absolute Gasteiger partial charge is 0.374 e. The van der Waals surface area contributed by atoms with Gasteiger partial charge in [-0.1, -0.05) is 25.7 Å². The summed E-state index contributed by atoms with van der Waals surface area (Å²) < 4.78 is 5.76. The van der Waals surface area contributed by atoms with Gasteiger partial charge in [0.25, 0.3) is 0 Å². The van der Waals surface area contributed by atoms with Gasteiger partial charge in [-0.25, -0.2) is 0 Å². The monoisotopic (exact) mass is 240 g/mol. The van der Waals surface area contributed by atoms with Crippen LogP contribution in [-0.4, -0.2) is 50.8 Å². The van der Waals surface area contributed by atoms with E-state index in [0.29, 0.717) is 6.10 Å². The minimum Gasteiger partial charge on any atom is -0.374 e. The van der Waals surface area contributed by atoms with Gasteiger partial charge in [0.2, 0.25) is 0 Å². The lowest BCUT2D eigenvalue weighted by Crippen LogP contribution is -2.45. The molecule has 1 heterocycles. The maximum absolute atomic E-state index is 5.76. The summed E-state index contributed by atoms with van der Waals surface area (Å²) in [5.41, 5.74) is 0. The van der Waals surface area contributed by atoms with Crippen molar-refractivity contribution in [3.63, 3.8) is 0 Å². The topological polar surface area (TPSA) is 24.5 Å². The fourth-order valence-corrected chi connectivity index (χ4v) is 3.15. The highest BCUT2D eigenvalue weighted by Crippen LogP contribution is 2.23. The van der Waals surface area contributed by atoms with Crippen LogP contribution in [-0.2, 0) is 4.74 Å². The van der Waals surface area contributed by atoms with E-state index < -0.39 is 0 Å². The molecular formula is C14H28N2O. The van der Waals surface area contributed by atoms with Crippen molar-refractivity contribution < 1.29 is 4.74 Å². The summed E-state index contributed by atoms with van der Waals surface area (Å²) in [6.07, 6.45) is 9.08. The first-order valence-electron chi connectivity index (χ1n) is 7.35.